The number of para-hydroxylation sites is 1. The van der Waals surface area contributed by atoms with Gasteiger partial charge in [0.15, 0.2) is 0 Å². The van der Waals surface area contributed by atoms with E-state index in [9.17, 15) is 4.79 Å². The Labute approximate surface area is 128 Å². The van der Waals surface area contributed by atoms with Gasteiger partial charge in [0, 0.05) is 12.2 Å². The first kappa shape index (κ1) is 16.0. The molecule has 3 heteroatoms. The van der Waals surface area contributed by atoms with Crippen molar-refractivity contribution in [2.75, 3.05) is 11.9 Å². The predicted molar refractivity (Wildman–Crippen MR) is 88.3 cm³/mol. The average Bonchev–Trinajstić information content (AvgIpc) is 2.76. The number of nitrogens with two attached hydrogens (primary N) is 1. The summed E-state index contributed by atoms with van der Waals surface area (Å²) in [5.41, 5.74) is 7.81. The normalized spacial score (nSPS) is 18.0. The van der Waals surface area contributed by atoms with E-state index in [4.69, 9.17) is 5.73 Å². The lowest BCUT2D eigenvalue weighted by molar-refractivity contribution is -0.125. The molecule has 0 aliphatic heterocycles. The first-order valence-corrected chi connectivity index (χ1v) is 8.31. The summed E-state index contributed by atoms with van der Waals surface area (Å²) >= 11 is 0. The minimum atomic E-state index is -0.365. The molecule has 2 rings (SSSR count). The summed E-state index contributed by atoms with van der Waals surface area (Å²) in [5, 5.41) is 3.17. The number of anilines is 1. The van der Waals surface area contributed by atoms with E-state index in [0.717, 1.165) is 44.2 Å². The molecule has 0 atom stereocenters. The largest absolute Gasteiger partial charge is 0.329 e. The lowest BCUT2D eigenvalue weighted by atomic mass is 9.79. The molecule has 1 fully saturated rings. The molecule has 1 saturated carbocycles. The Morgan fingerprint density at radius 1 is 1.19 bits per heavy atom. The molecule has 1 amide bonds. The quantitative estimate of drug-likeness (QED) is 0.808. The van der Waals surface area contributed by atoms with Crippen LogP contribution in [0.4, 0.5) is 5.69 Å². The lowest BCUT2D eigenvalue weighted by Crippen LogP contribution is -2.42. The molecule has 0 saturated heterocycles. The van der Waals surface area contributed by atoms with Crippen molar-refractivity contribution < 1.29 is 4.79 Å². The SMILES string of the molecule is CCCc1ccccc1NC(=O)C1(CN)CCCCCC1. The molecule has 1 aliphatic rings. The number of carbonyl (C=O) groups is 1. The summed E-state index contributed by atoms with van der Waals surface area (Å²) in [5.74, 6) is 0.121. The molecule has 116 valence electrons. The van der Waals surface area contributed by atoms with Crippen LogP contribution in [0.1, 0.15) is 57.4 Å². The molecule has 1 aliphatic carbocycles. The second-order valence-corrected chi connectivity index (χ2v) is 6.26. The zero-order valence-corrected chi connectivity index (χ0v) is 13.2. The van der Waals surface area contributed by atoms with E-state index in [1.165, 1.54) is 18.4 Å². The zero-order chi connectivity index (χ0) is 15.1. The van der Waals surface area contributed by atoms with Crippen LogP contribution in [0.15, 0.2) is 24.3 Å². The summed E-state index contributed by atoms with van der Waals surface area (Å²) in [4.78, 5) is 12.8. The fourth-order valence-electron chi connectivity index (χ4n) is 3.31. The van der Waals surface area contributed by atoms with Crippen LogP contribution in [0.2, 0.25) is 0 Å². The van der Waals surface area contributed by atoms with Crippen LogP contribution >= 0.6 is 0 Å². The van der Waals surface area contributed by atoms with Gasteiger partial charge in [0.25, 0.3) is 0 Å². The highest BCUT2D eigenvalue weighted by Crippen LogP contribution is 2.35. The molecule has 1 aromatic rings. The fraction of sp³-hybridized carbons (Fsp3) is 0.611. The van der Waals surface area contributed by atoms with E-state index in [1.54, 1.807) is 0 Å². The van der Waals surface area contributed by atoms with Crippen molar-refractivity contribution in [1.82, 2.24) is 0 Å². The smallest absolute Gasteiger partial charge is 0.231 e. The second kappa shape index (κ2) is 7.60. The number of amides is 1. The average molecular weight is 288 g/mol. The van der Waals surface area contributed by atoms with Crippen molar-refractivity contribution in [3.63, 3.8) is 0 Å². The molecule has 0 unspecified atom stereocenters. The fourth-order valence-corrected chi connectivity index (χ4v) is 3.31. The number of hydrogen-bond donors (Lipinski definition) is 2. The maximum atomic E-state index is 12.8. The third-order valence-corrected chi connectivity index (χ3v) is 4.72. The van der Waals surface area contributed by atoms with Gasteiger partial charge in [-0.05, 0) is 30.9 Å². The molecule has 0 spiro atoms. The Morgan fingerprint density at radius 3 is 2.48 bits per heavy atom. The maximum Gasteiger partial charge on any atom is 0.231 e. The summed E-state index contributed by atoms with van der Waals surface area (Å²) in [6.07, 6.45) is 8.59. The highest BCUT2D eigenvalue weighted by atomic mass is 16.2. The minimum absolute atomic E-state index is 0.121. The van der Waals surface area contributed by atoms with E-state index in [-0.39, 0.29) is 11.3 Å². The van der Waals surface area contributed by atoms with Crippen LogP contribution in [-0.4, -0.2) is 12.5 Å². The predicted octanol–water partition coefficient (Wildman–Crippen LogP) is 3.88. The molecule has 0 radical (unpaired) electrons. The summed E-state index contributed by atoms with van der Waals surface area (Å²) in [6, 6.07) is 8.12. The number of hydrogen-bond acceptors (Lipinski definition) is 2. The topological polar surface area (TPSA) is 55.1 Å². The summed E-state index contributed by atoms with van der Waals surface area (Å²) < 4.78 is 0. The minimum Gasteiger partial charge on any atom is -0.329 e. The molecule has 3 N–H and O–H groups in total. The molecular formula is C18H28N2O. The number of nitrogens with one attached hydrogen (secondary N) is 1. The van der Waals surface area contributed by atoms with Gasteiger partial charge in [-0.25, -0.2) is 0 Å². The summed E-state index contributed by atoms with van der Waals surface area (Å²) in [7, 11) is 0. The standard InChI is InChI=1S/C18H28N2O/c1-2-9-15-10-5-6-11-16(15)20-17(21)18(14-19)12-7-3-4-8-13-18/h5-6,10-11H,2-4,7-9,12-14,19H2,1H3,(H,20,21). The van der Waals surface area contributed by atoms with Gasteiger partial charge in [-0.15, -0.1) is 0 Å². The Bertz CT molecular complexity index is 462. The van der Waals surface area contributed by atoms with Crippen LogP contribution < -0.4 is 11.1 Å². The first-order valence-electron chi connectivity index (χ1n) is 8.31. The highest BCUT2D eigenvalue weighted by Gasteiger charge is 2.37. The van der Waals surface area contributed by atoms with E-state index in [1.807, 2.05) is 18.2 Å². The van der Waals surface area contributed by atoms with E-state index >= 15 is 0 Å². The number of benzene rings is 1. The van der Waals surface area contributed by atoms with Gasteiger partial charge in [-0.3, -0.25) is 4.79 Å². The third-order valence-electron chi connectivity index (χ3n) is 4.72. The number of carbonyl (C=O) groups excluding carboxylic acids is 1. The van der Waals surface area contributed by atoms with Crippen molar-refractivity contribution in [2.24, 2.45) is 11.1 Å². The summed E-state index contributed by atoms with van der Waals surface area (Å²) in [6.45, 7) is 2.61. The van der Waals surface area contributed by atoms with Crippen molar-refractivity contribution in [3.8, 4) is 0 Å². The van der Waals surface area contributed by atoms with Crippen molar-refractivity contribution in [3.05, 3.63) is 29.8 Å². The second-order valence-electron chi connectivity index (χ2n) is 6.26. The molecule has 3 nitrogen and oxygen atoms in total. The van der Waals surface area contributed by atoms with Crippen LogP contribution in [-0.2, 0) is 11.2 Å². The Hall–Kier alpha value is -1.35. The molecule has 0 heterocycles. The van der Waals surface area contributed by atoms with Gasteiger partial charge < -0.3 is 11.1 Å². The molecule has 21 heavy (non-hydrogen) atoms. The lowest BCUT2D eigenvalue weighted by Gasteiger charge is -2.30. The van der Waals surface area contributed by atoms with Crippen molar-refractivity contribution in [1.29, 1.82) is 0 Å². The van der Waals surface area contributed by atoms with Gasteiger partial charge in [0.2, 0.25) is 5.91 Å². The Kier molecular flexibility index (Phi) is 5.80. The molecule has 0 aromatic heterocycles. The van der Waals surface area contributed by atoms with E-state index < -0.39 is 0 Å². The van der Waals surface area contributed by atoms with Crippen molar-refractivity contribution in [2.45, 2.75) is 58.3 Å². The molecular weight excluding hydrogens is 260 g/mol. The Balaban J connectivity index is 2.15. The van der Waals surface area contributed by atoms with Gasteiger partial charge in [-0.1, -0.05) is 57.2 Å². The molecule has 1 aromatic carbocycles. The van der Waals surface area contributed by atoms with Crippen LogP contribution in [0.25, 0.3) is 0 Å². The zero-order valence-electron chi connectivity index (χ0n) is 13.2. The van der Waals surface area contributed by atoms with Gasteiger partial charge in [0.1, 0.15) is 0 Å². The number of rotatable bonds is 5. The van der Waals surface area contributed by atoms with E-state index in [0.29, 0.717) is 6.54 Å². The number of aryl methyl sites for hydroxylation is 1. The highest BCUT2D eigenvalue weighted by molar-refractivity contribution is 5.96. The first-order chi connectivity index (χ1) is 10.2. The van der Waals surface area contributed by atoms with Gasteiger partial charge in [0.05, 0.1) is 5.41 Å². The van der Waals surface area contributed by atoms with Crippen molar-refractivity contribution >= 4 is 11.6 Å². The monoisotopic (exact) mass is 288 g/mol. The van der Waals surface area contributed by atoms with Crippen LogP contribution in [0, 0.1) is 5.41 Å². The van der Waals surface area contributed by atoms with Gasteiger partial charge in [-0.2, -0.15) is 0 Å². The third kappa shape index (κ3) is 3.85. The molecule has 0 bridgehead atoms. The maximum absolute atomic E-state index is 12.8. The Morgan fingerprint density at radius 2 is 1.86 bits per heavy atom. The van der Waals surface area contributed by atoms with Gasteiger partial charge >= 0.3 is 0 Å². The van der Waals surface area contributed by atoms with Crippen LogP contribution in [0.3, 0.4) is 0 Å². The van der Waals surface area contributed by atoms with Crippen LogP contribution in [0.5, 0.6) is 0 Å². The van der Waals surface area contributed by atoms with E-state index in [2.05, 4.69) is 18.3 Å².